The number of benzene rings is 1. The smallest absolute Gasteiger partial charge is 0.187 e. The van der Waals surface area contributed by atoms with Crippen LogP contribution in [0.15, 0.2) is 11.6 Å². The number of ether oxygens (including phenoxy) is 3. The summed E-state index contributed by atoms with van der Waals surface area (Å²) in [5.41, 5.74) is 0.449. The molecule has 0 radical (unpaired) electrons. The number of aliphatic hydroxyl groups is 3. The normalized spacial score (nSPS) is 33.6. The minimum atomic E-state index is -1.49. The highest BCUT2D eigenvalue weighted by molar-refractivity contribution is 6.33. The standard InChI is InChI=1S/C30H43ClO10/c1-14(7-9-18-24(35)19(12-32)16(3)23(31)25(18)36)21(11-30(5)15(2)8-10-20(34)17(30)4)40-29-27(38)26(37)28(39-6)22(13-33)41-29/h7,12,15,17,21-22,26-29,33,35-38H,8-11,13H2,1-6H3/b14-7+/t15-,17+,21-,22?,26-,27-,28-,29-,30+/m1/s1. The predicted octanol–water partition coefficient (Wildman–Crippen LogP) is 3.23. The Bertz CT molecular complexity index is 1150. The predicted molar refractivity (Wildman–Crippen MR) is 151 cm³/mol. The first-order chi connectivity index (χ1) is 19.2. The average molecular weight is 599 g/mol. The molecule has 1 unspecified atom stereocenters. The summed E-state index contributed by atoms with van der Waals surface area (Å²) in [6, 6.07) is 0. The van der Waals surface area contributed by atoms with E-state index in [0.29, 0.717) is 24.7 Å². The number of phenolic OH excluding ortho intramolecular Hbond substituents is 2. The van der Waals surface area contributed by atoms with E-state index in [0.717, 1.165) is 6.42 Å². The highest BCUT2D eigenvalue weighted by Crippen LogP contribution is 2.48. The molecule has 3 rings (SSSR count). The van der Waals surface area contributed by atoms with E-state index in [9.17, 15) is 35.1 Å². The monoisotopic (exact) mass is 598 g/mol. The first-order valence-corrected chi connectivity index (χ1v) is 14.3. The van der Waals surface area contributed by atoms with Crippen molar-refractivity contribution in [1.82, 2.24) is 0 Å². The van der Waals surface area contributed by atoms with Crippen LogP contribution in [0.2, 0.25) is 5.02 Å². The Morgan fingerprint density at radius 3 is 2.46 bits per heavy atom. The number of rotatable bonds is 10. The van der Waals surface area contributed by atoms with Gasteiger partial charge >= 0.3 is 0 Å². The van der Waals surface area contributed by atoms with Crippen molar-refractivity contribution in [1.29, 1.82) is 0 Å². The number of phenols is 2. The van der Waals surface area contributed by atoms with E-state index in [1.165, 1.54) is 14.0 Å². The number of aldehydes is 1. The van der Waals surface area contributed by atoms with Crippen molar-refractivity contribution in [3.8, 4) is 11.5 Å². The minimum absolute atomic E-state index is 0.00727. The summed E-state index contributed by atoms with van der Waals surface area (Å²) in [5.74, 6) is -0.664. The number of hydrogen-bond acceptors (Lipinski definition) is 10. The molecule has 1 aliphatic heterocycles. The van der Waals surface area contributed by atoms with E-state index in [2.05, 4.69) is 6.92 Å². The molecule has 1 aromatic carbocycles. The van der Waals surface area contributed by atoms with Crippen molar-refractivity contribution >= 4 is 23.7 Å². The Labute approximate surface area is 245 Å². The maximum absolute atomic E-state index is 12.8. The quantitative estimate of drug-likeness (QED) is 0.199. The number of halogens is 1. The lowest BCUT2D eigenvalue weighted by atomic mass is 9.59. The van der Waals surface area contributed by atoms with Gasteiger partial charge in [0.1, 0.15) is 41.7 Å². The van der Waals surface area contributed by atoms with Crippen molar-refractivity contribution in [2.24, 2.45) is 17.3 Å². The van der Waals surface area contributed by atoms with E-state index in [-0.39, 0.29) is 57.3 Å². The van der Waals surface area contributed by atoms with Crippen LogP contribution in [-0.4, -0.2) is 88.1 Å². The number of carbonyl (C=O) groups excluding carboxylic acids is 2. The maximum Gasteiger partial charge on any atom is 0.187 e. The Balaban J connectivity index is 2.00. The van der Waals surface area contributed by atoms with Gasteiger partial charge in [0.05, 0.1) is 23.3 Å². The van der Waals surface area contributed by atoms with Crippen molar-refractivity contribution in [3.05, 3.63) is 33.4 Å². The van der Waals surface area contributed by atoms with Crippen molar-refractivity contribution in [3.63, 3.8) is 0 Å². The Hall–Kier alpha value is -2.05. The van der Waals surface area contributed by atoms with Crippen LogP contribution >= 0.6 is 11.6 Å². The first-order valence-electron chi connectivity index (χ1n) is 13.9. The third kappa shape index (κ3) is 6.49. The van der Waals surface area contributed by atoms with Gasteiger partial charge in [-0.3, -0.25) is 9.59 Å². The fourth-order valence-corrected chi connectivity index (χ4v) is 6.24. The summed E-state index contributed by atoms with van der Waals surface area (Å²) >= 11 is 6.22. The van der Waals surface area contributed by atoms with E-state index in [1.54, 1.807) is 13.0 Å². The zero-order chi connectivity index (χ0) is 30.8. The summed E-state index contributed by atoms with van der Waals surface area (Å²) < 4.78 is 17.4. The molecule has 1 heterocycles. The lowest BCUT2D eigenvalue weighted by Crippen LogP contribution is -2.60. The van der Waals surface area contributed by atoms with Gasteiger partial charge in [0, 0.05) is 25.0 Å². The van der Waals surface area contributed by atoms with Gasteiger partial charge in [0.2, 0.25) is 0 Å². The van der Waals surface area contributed by atoms with Crippen LogP contribution in [0, 0.1) is 24.2 Å². The molecule has 1 aromatic rings. The van der Waals surface area contributed by atoms with Crippen LogP contribution < -0.4 is 0 Å². The van der Waals surface area contributed by atoms with Crippen LogP contribution in [0.4, 0.5) is 0 Å². The molecule has 9 atom stereocenters. The second-order valence-electron chi connectivity index (χ2n) is 11.7. The molecular formula is C30H43ClO10. The third-order valence-corrected chi connectivity index (χ3v) is 9.92. The van der Waals surface area contributed by atoms with Crippen molar-refractivity contribution < 1.29 is 49.3 Å². The number of ketones is 1. The summed E-state index contributed by atoms with van der Waals surface area (Å²) in [7, 11) is 1.34. The molecule has 1 aliphatic carbocycles. The largest absolute Gasteiger partial charge is 0.507 e. The number of aliphatic hydroxyl groups excluding tert-OH is 3. The minimum Gasteiger partial charge on any atom is -0.507 e. The van der Waals surface area contributed by atoms with Gasteiger partial charge < -0.3 is 39.7 Å². The molecule has 1 saturated heterocycles. The summed E-state index contributed by atoms with van der Waals surface area (Å²) in [4.78, 5) is 24.3. The van der Waals surface area contributed by atoms with Crippen molar-refractivity contribution in [2.45, 2.75) is 97.1 Å². The molecule has 5 N–H and O–H groups in total. The van der Waals surface area contributed by atoms with Crippen molar-refractivity contribution in [2.75, 3.05) is 13.7 Å². The number of allylic oxidation sites excluding steroid dienone is 1. The van der Waals surface area contributed by atoms with Gasteiger partial charge in [0.25, 0.3) is 0 Å². The highest BCUT2D eigenvalue weighted by atomic mass is 35.5. The summed E-state index contributed by atoms with van der Waals surface area (Å²) in [6.45, 7) is 8.83. The molecule has 10 nitrogen and oxygen atoms in total. The average Bonchev–Trinajstić information content (AvgIpc) is 2.95. The molecule has 0 aromatic heterocycles. The molecule has 2 aliphatic rings. The number of carbonyl (C=O) groups is 2. The molecule has 0 bridgehead atoms. The van der Waals surface area contributed by atoms with E-state index < -0.39 is 48.8 Å². The van der Waals surface area contributed by atoms with Crippen LogP contribution in [0.1, 0.15) is 68.4 Å². The second-order valence-corrected chi connectivity index (χ2v) is 12.0. The fraction of sp³-hybridized carbons (Fsp3) is 0.667. The molecule has 0 amide bonds. The van der Waals surface area contributed by atoms with Gasteiger partial charge in [0.15, 0.2) is 12.6 Å². The molecule has 11 heteroatoms. The molecular weight excluding hydrogens is 556 g/mol. The van der Waals surface area contributed by atoms with E-state index >= 15 is 0 Å². The first kappa shape index (κ1) is 33.5. The Morgan fingerprint density at radius 1 is 1.22 bits per heavy atom. The SMILES string of the molecule is CO[C@@H]1C(CO)O[C@@H](O[C@H](C[C@@]2(C)[C@H](C)CCC(=O)[C@@H]2C)/C(C)=C/Cc2c(O)c(Cl)c(C)c(C=O)c2O)[C@H](O)[C@H]1O. The van der Waals surface area contributed by atoms with Gasteiger partial charge in [-0.15, -0.1) is 0 Å². The van der Waals surface area contributed by atoms with Crippen LogP contribution in [0.25, 0.3) is 0 Å². The van der Waals surface area contributed by atoms with Gasteiger partial charge in [-0.05, 0) is 55.6 Å². The number of Topliss-reactive ketones (excluding diaryl/α,β-unsaturated/α-hetero) is 1. The van der Waals surface area contributed by atoms with Gasteiger partial charge in [-0.25, -0.2) is 0 Å². The zero-order valence-corrected chi connectivity index (χ0v) is 25.2. The highest BCUT2D eigenvalue weighted by Gasteiger charge is 2.49. The number of hydrogen-bond donors (Lipinski definition) is 5. The molecule has 230 valence electrons. The molecule has 1 saturated carbocycles. The Morgan fingerprint density at radius 2 is 1.88 bits per heavy atom. The van der Waals surface area contributed by atoms with Crippen LogP contribution in [0.3, 0.4) is 0 Å². The maximum atomic E-state index is 12.8. The summed E-state index contributed by atoms with van der Waals surface area (Å²) in [5, 5.41) is 52.6. The van der Waals surface area contributed by atoms with Gasteiger partial charge in [-0.2, -0.15) is 0 Å². The Kier molecular flexibility index (Phi) is 11.0. The van der Waals surface area contributed by atoms with E-state index in [4.69, 9.17) is 25.8 Å². The second kappa shape index (κ2) is 13.5. The third-order valence-electron chi connectivity index (χ3n) is 9.46. The lowest BCUT2D eigenvalue weighted by Gasteiger charge is -2.47. The summed E-state index contributed by atoms with van der Waals surface area (Å²) in [6.07, 6.45) is -3.13. The zero-order valence-electron chi connectivity index (χ0n) is 24.5. The number of methoxy groups -OCH3 is 1. The molecule has 41 heavy (non-hydrogen) atoms. The molecule has 2 fully saturated rings. The topological polar surface area (TPSA) is 163 Å². The van der Waals surface area contributed by atoms with Gasteiger partial charge in [-0.1, -0.05) is 38.4 Å². The molecule has 0 spiro atoms. The lowest BCUT2D eigenvalue weighted by molar-refractivity contribution is -0.313. The fourth-order valence-electron chi connectivity index (χ4n) is 6.02. The van der Waals surface area contributed by atoms with E-state index in [1.807, 2.05) is 13.8 Å². The van der Waals surface area contributed by atoms with Crippen LogP contribution in [-0.2, 0) is 25.4 Å². The number of aromatic hydroxyl groups is 2. The van der Waals surface area contributed by atoms with Crippen LogP contribution in [0.5, 0.6) is 11.5 Å².